The highest BCUT2D eigenvalue weighted by Crippen LogP contribution is 2.36. The fourth-order valence-corrected chi connectivity index (χ4v) is 8.39. The smallest absolute Gasteiger partial charge is 0.306 e. The predicted molar refractivity (Wildman–Crippen MR) is 180 cm³/mol. The number of methoxy groups -OCH3 is 1. The van der Waals surface area contributed by atoms with Crippen LogP contribution < -0.4 is 5.32 Å². The fraction of sp³-hybridized carbons (Fsp3) is 0.514. The van der Waals surface area contributed by atoms with Crippen LogP contribution in [0.15, 0.2) is 41.8 Å². The van der Waals surface area contributed by atoms with Gasteiger partial charge in [0.2, 0.25) is 5.91 Å². The molecular formula is C35H41ClFN3O6S. The number of hydrogen-bond acceptors (Lipinski definition) is 7. The maximum atomic E-state index is 15.5. The Bertz CT molecular complexity index is 1630. The van der Waals surface area contributed by atoms with Gasteiger partial charge in [-0.1, -0.05) is 36.7 Å². The third-order valence-corrected chi connectivity index (χ3v) is 11.6. The summed E-state index contributed by atoms with van der Waals surface area (Å²) >= 11 is 7.98. The molecule has 1 saturated carbocycles. The molecule has 0 radical (unpaired) electrons. The van der Waals surface area contributed by atoms with Gasteiger partial charge in [-0.25, -0.2) is 4.39 Å². The Labute approximate surface area is 283 Å². The van der Waals surface area contributed by atoms with Gasteiger partial charge in [0.25, 0.3) is 5.91 Å². The Hall–Kier alpha value is -3.09. The van der Waals surface area contributed by atoms with Gasteiger partial charge in [0.05, 0.1) is 53.0 Å². The lowest BCUT2D eigenvalue weighted by molar-refractivity contribution is -0.144. The summed E-state index contributed by atoms with van der Waals surface area (Å²) in [7, 11) is 1.74. The van der Waals surface area contributed by atoms with Crippen LogP contribution in [0.4, 0.5) is 10.1 Å². The number of amides is 2. The number of anilines is 1. The van der Waals surface area contributed by atoms with Crippen molar-refractivity contribution in [3.8, 4) is 0 Å². The van der Waals surface area contributed by atoms with Crippen LogP contribution >= 0.6 is 22.9 Å². The Morgan fingerprint density at radius 3 is 2.60 bits per heavy atom. The van der Waals surface area contributed by atoms with Gasteiger partial charge in [-0.05, 0) is 62.3 Å². The second kappa shape index (κ2) is 14.2. The molecule has 12 heteroatoms. The average molecular weight is 686 g/mol. The second-order valence-electron chi connectivity index (χ2n) is 13.1. The van der Waals surface area contributed by atoms with Gasteiger partial charge in [-0.2, -0.15) is 0 Å². The average Bonchev–Trinajstić information content (AvgIpc) is 3.67. The lowest BCUT2D eigenvalue weighted by Crippen LogP contribution is -2.65. The van der Waals surface area contributed by atoms with Gasteiger partial charge in [0.15, 0.2) is 0 Å². The number of thiophene rings is 1. The van der Waals surface area contributed by atoms with E-state index in [0.29, 0.717) is 44.4 Å². The lowest BCUT2D eigenvalue weighted by atomic mass is 9.87. The number of aliphatic carboxylic acids is 1. The van der Waals surface area contributed by atoms with Gasteiger partial charge >= 0.3 is 5.97 Å². The lowest BCUT2D eigenvalue weighted by Gasteiger charge is -2.51. The molecule has 3 heterocycles. The molecule has 1 aliphatic carbocycles. The van der Waals surface area contributed by atoms with Crippen LogP contribution in [-0.4, -0.2) is 89.8 Å². The minimum Gasteiger partial charge on any atom is -0.481 e. The third kappa shape index (κ3) is 7.19. The molecule has 0 bridgehead atoms. The van der Waals surface area contributed by atoms with Crippen molar-refractivity contribution in [1.82, 2.24) is 9.80 Å². The molecule has 3 aliphatic rings. The largest absolute Gasteiger partial charge is 0.481 e. The molecule has 1 aromatic heterocycles. The SMILES string of the molecule is CCC1(OC)CN([C@H]2C[C@@H](CO[C@H]3CC[C@H](C(=O)O)CC3)N(C(=O)Cc3cc(Cl)c(NC(=O)c4csc5ccccc45)cc3F)C2)C1. The van der Waals surface area contributed by atoms with Crippen molar-refractivity contribution in [1.29, 1.82) is 0 Å². The molecule has 2 aromatic carbocycles. The maximum absolute atomic E-state index is 15.5. The minimum atomic E-state index is -0.758. The zero-order valence-electron chi connectivity index (χ0n) is 26.7. The van der Waals surface area contributed by atoms with E-state index in [4.69, 9.17) is 21.1 Å². The normalized spacial score (nSPS) is 24.3. The van der Waals surface area contributed by atoms with Crippen LogP contribution in [0, 0.1) is 11.7 Å². The number of carbonyl (C=O) groups excluding carboxylic acids is 2. The highest BCUT2D eigenvalue weighted by atomic mass is 35.5. The number of carboxylic acids is 1. The molecule has 2 N–H and O–H groups in total. The van der Waals surface area contributed by atoms with Crippen molar-refractivity contribution in [3.63, 3.8) is 0 Å². The highest BCUT2D eigenvalue weighted by molar-refractivity contribution is 7.17. The topological polar surface area (TPSA) is 108 Å². The summed E-state index contributed by atoms with van der Waals surface area (Å²) in [4.78, 5) is 42.4. The zero-order chi connectivity index (χ0) is 33.3. The van der Waals surface area contributed by atoms with Crippen LogP contribution in [0.25, 0.3) is 10.1 Å². The van der Waals surface area contributed by atoms with Crippen LogP contribution in [0.5, 0.6) is 0 Å². The minimum absolute atomic E-state index is 0.0436. The van der Waals surface area contributed by atoms with Gasteiger partial charge in [0.1, 0.15) is 5.82 Å². The molecule has 47 heavy (non-hydrogen) atoms. The number of rotatable bonds is 11. The first-order valence-electron chi connectivity index (χ1n) is 16.3. The first-order chi connectivity index (χ1) is 22.6. The summed E-state index contributed by atoms with van der Waals surface area (Å²) in [5.41, 5.74) is 0.611. The number of carbonyl (C=O) groups is 3. The molecule has 2 aliphatic heterocycles. The summed E-state index contributed by atoms with van der Waals surface area (Å²) in [5, 5.41) is 14.8. The predicted octanol–water partition coefficient (Wildman–Crippen LogP) is 6.23. The zero-order valence-corrected chi connectivity index (χ0v) is 28.2. The molecule has 0 unspecified atom stereocenters. The standard InChI is InChI=1S/C35H41ClFN3O6S/c1-3-35(45-2)19-39(20-35)23-14-24(17-46-25-10-8-21(9-11-25)34(43)44)40(16-23)32(41)13-22-12-28(36)30(15-29(22)37)38-33(42)27-18-47-31-7-5-4-6-26(27)31/h4-7,12,15,18,21,23-25H,3,8-11,13-14,16-17,19-20H2,1-2H3,(H,38,42)(H,43,44)/t21-,23-,24-,25-/m0/s1. The van der Waals surface area contributed by atoms with Crippen LogP contribution in [0.1, 0.15) is 61.4 Å². The Balaban J connectivity index is 1.12. The molecule has 2 amide bonds. The molecule has 2 atom stereocenters. The number of ether oxygens (including phenoxy) is 2. The number of benzene rings is 2. The van der Waals surface area contributed by atoms with Crippen LogP contribution in [0.3, 0.4) is 0 Å². The van der Waals surface area contributed by atoms with Gasteiger partial charge in [-0.15, -0.1) is 11.3 Å². The number of fused-ring (bicyclic) bond motifs is 1. The fourth-order valence-electron chi connectivity index (χ4n) is 7.22. The van der Waals surface area contributed by atoms with Crippen molar-refractivity contribution in [2.45, 2.75) is 75.7 Å². The van der Waals surface area contributed by atoms with E-state index >= 15 is 4.39 Å². The summed E-state index contributed by atoms with van der Waals surface area (Å²) in [6.45, 7) is 4.53. The molecule has 3 fully saturated rings. The molecule has 9 nitrogen and oxygen atoms in total. The highest BCUT2D eigenvalue weighted by Gasteiger charge is 2.48. The molecule has 2 saturated heterocycles. The van der Waals surface area contributed by atoms with Crippen molar-refractivity contribution < 1.29 is 33.4 Å². The molecule has 0 spiro atoms. The summed E-state index contributed by atoms with van der Waals surface area (Å²) in [5.74, 6) is -2.32. The number of nitrogens with one attached hydrogen (secondary N) is 1. The summed E-state index contributed by atoms with van der Waals surface area (Å²) in [6, 6.07) is 10.1. The van der Waals surface area contributed by atoms with Crippen LogP contribution in [-0.2, 0) is 25.5 Å². The Morgan fingerprint density at radius 1 is 1.15 bits per heavy atom. The van der Waals surface area contributed by atoms with E-state index in [0.717, 1.165) is 36.0 Å². The molecule has 252 valence electrons. The first-order valence-corrected chi connectivity index (χ1v) is 17.5. The summed E-state index contributed by atoms with van der Waals surface area (Å²) < 4.78 is 28.5. The van der Waals surface area contributed by atoms with E-state index in [-0.39, 0.29) is 64.2 Å². The van der Waals surface area contributed by atoms with Gasteiger partial charge in [-0.3, -0.25) is 19.3 Å². The monoisotopic (exact) mass is 685 g/mol. The van der Waals surface area contributed by atoms with E-state index in [9.17, 15) is 19.5 Å². The number of nitrogens with zero attached hydrogens (tertiary/aromatic N) is 2. The number of carboxylic acid groups (broad SMARTS) is 1. The van der Waals surface area contributed by atoms with Crippen molar-refractivity contribution in [2.24, 2.45) is 5.92 Å². The molecule has 3 aromatic rings. The Morgan fingerprint density at radius 2 is 1.89 bits per heavy atom. The van der Waals surface area contributed by atoms with E-state index in [2.05, 4.69) is 17.1 Å². The summed E-state index contributed by atoms with van der Waals surface area (Å²) in [6.07, 6.45) is 3.92. The van der Waals surface area contributed by atoms with Crippen molar-refractivity contribution in [3.05, 3.63) is 63.7 Å². The van der Waals surface area contributed by atoms with Crippen LogP contribution in [0.2, 0.25) is 5.02 Å². The molecule has 6 rings (SSSR count). The van der Waals surface area contributed by atoms with Gasteiger partial charge < -0.3 is 24.8 Å². The first kappa shape index (κ1) is 33.8. The Kier molecular flexibility index (Phi) is 10.2. The molecular weight excluding hydrogens is 645 g/mol. The number of hydrogen-bond donors (Lipinski definition) is 2. The van der Waals surface area contributed by atoms with Crippen molar-refractivity contribution in [2.75, 3.05) is 38.7 Å². The second-order valence-corrected chi connectivity index (χ2v) is 14.4. The van der Waals surface area contributed by atoms with Crippen molar-refractivity contribution >= 4 is 56.5 Å². The number of likely N-dealkylation sites (tertiary alicyclic amines) is 2. The number of halogens is 2. The van der Waals surface area contributed by atoms with E-state index in [1.165, 1.54) is 23.5 Å². The van der Waals surface area contributed by atoms with E-state index in [1.54, 1.807) is 17.4 Å². The van der Waals surface area contributed by atoms with E-state index < -0.39 is 11.8 Å². The van der Waals surface area contributed by atoms with E-state index in [1.807, 2.05) is 24.3 Å². The third-order valence-electron chi connectivity index (χ3n) is 10.3. The maximum Gasteiger partial charge on any atom is 0.306 e. The quantitative estimate of drug-likeness (QED) is 0.247. The van der Waals surface area contributed by atoms with Gasteiger partial charge in [0, 0.05) is 48.3 Å².